The lowest BCUT2D eigenvalue weighted by molar-refractivity contribution is 0.162. The first kappa shape index (κ1) is 16.6. The van der Waals surface area contributed by atoms with Crippen molar-refractivity contribution in [2.75, 3.05) is 0 Å². The van der Waals surface area contributed by atoms with E-state index in [2.05, 4.69) is 22.9 Å². The van der Waals surface area contributed by atoms with Crippen LogP contribution in [0.4, 0.5) is 4.39 Å². The molecular formula is C16H24BrFO. The third-order valence-electron chi connectivity index (χ3n) is 3.40. The molecule has 0 bridgehead atoms. The molecule has 3 heteroatoms. The second kappa shape index (κ2) is 9.49. The number of aliphatic hydroxyl groups is 1. The maximum absolute atomic E-state index is 13.1. The zero-order valence-corrected chi connectivity index (χ0v) is 13.3. The third-order valence-corrected chi connectivity index (χ3v) is 4.12. The molecule has 1 unspecified atom stereocenters. The third kappa shape index (κ3) is 6.53. The Bertz CT molecular complexity index is 368. The summed E-state index contributed by atoms with van der Waals surface area (Å²) in [6, 6.07) is 4.46. The molecule has 108 valence electrons. The van der Waals surface area contributed by atoms with Gasteiger partial charge in [0.15, 0.2) is 0 Å². The molecule has 0 heterocycles. The summed E-state index contributed by atoms with van der Waals surface area (Å²) < 4.78 is 13.9. The molecule has 1 aromatic rings. The first-order valence-electron chi connectivity index (χ1n) is 7.28. The molecule has 1 rings (SSSR count). The van der Waals surface area contributed by atoms with Gasteiger partial charge in [0, 0.05) is 4.47 Å². The van der Waals surface area contributed by atoms with E-state index in [1.165, 1.54) is 44.2 Å². The van der Waals surface area contributed by atoms with E-state index in [1.54, 1.807) is 6.07 Å². The molecule has 0 aromatic heterocycles. The van der Waals surface area contributed by atoms with E-state index in [0.29, 0.717) is 12.0 Å². The standard InChI is InChI=1S/C16H24BrFO/c1-2-3-4-5-6-7-8-9-16(19)14-12-13(18)10-11-15(14)17/h10-12,16,19H,2-9H2,1H3. The van der Waals surface area contributed by atoms with Crippen molar-refractivity contribution in [2.24, 2.45) is 0 Å². The smallest absolute Gasteiger partial charge is 0.123 e. The molecule has 0 aliphatic carbocycles. The first-order valence-corrected chi connectivity index (χ1v) is 8.07. The second-order valence-electron chi connectivity index (χ2n) is 5.09. The van der Waals surface area contributed by atoms with Crippen LogP contribution in [0, 0.1) is 5.82 Å². The fourth-order valence-corrected chi connectivity index (χ4v) is 2.73. The SMILES string of the molecule is CCCCCCCCCC(O)c1cc(F)ccc1Br. The van der Waals surface area contributed by atoms with Crippen LogP contribution in [0.15, 0.2) is 22.7 Å². The van der Waals surface area contributed by atoms with Crippen LogP contribution >= 0.6 is 15.9 Å². The van der Waals surface area contributed by atoms with Crippen LogP contribution in [0.2, 0.25) is 0 Å². The quantitative estimate of drug-likeness (QED) is 0.570. The van der Waals surface area contributed by atoms with E-state index in [-0.39, 0.29) is 5.82 Å². The second-order valence-corrected chi connectivity index (χ2v) is 5.95. The maximum Gasteiger partial charge on any atom is 0.123 e. The number of unbranched alkanes of at least 4 members (excludes halogenated alkanes) is 6. The van der Waals surface area contributed by atoms with Crippen molar-refractivity contribution in [3.63, 3.8) is 0 Å². The van der Waals surface area contributed by atoms with Crippen LogP contribution in [0.5, 0.6) is 0 Å². The fraction of sp³-hybridized carbons (Fsp3) is 0.625. The van der Waals surface area contributed by atoms with Crippen molar-refractivity contribution in [2.45, 2.75) is 64.4 Å². The summed E-state index contributed by atoms with van der Waals surface area (Å²) in [5.74, 6) is -0.295. The Morgan fingerprint density at radius 1 is 1.11 bits per heavy atom. The Hall–Kier alpha value is -0.410. The van der Waals surface area contributed by atoms with Gasteiger partial charge >= 0.3 is 0 Å². The lowest BCUT2D eigenvalue weighted by atomic mass is 10.0. The monoisotopic (exact) mass is 330 g/mol. The van der Waals surface area contributed by atoms with Crippen molar-refractivity contribution in [1.29, 1.82) is 0 Å². The Labute approximate surface area is 124 Å². The normalized spacial score (nSPS) is 12.6. The van der Waals surface area contributed by atoms with E-state index in [0.717, 1.165) is 17.3 Å². The predicted octanol–water partition coefficient (Wildman–Crippen LogP) is 5.76. The minimum absolute atomic E-state index is 0.295. The molecule has 0 fully saturated rings. The Morgan fingerprint density at radius 3 is 2.42 bits per heavy atom. The molecule has 0 amide bonds. The Balaban J connectivity index is 2.23. The molecule has 0 aliphatic heterocycles. The summed E-state index contributed by atoms with van der Waals surface area (Å²) in [5.41, 5.74) is 0.658. The van der Waals surface area contributed by atoms with Crippen LogP contribution in [0.25, 0.3) is 0 Å². The van der Waals surface area contributed by atoms with E-state index in [1.807, 2.05) is 0 Å². The number of halogens is 2. The van der Waals surface area contributed by atoms with Gasteiger partial charge in [-0.25, -0.2) is 4.39 Å². The Morgan fingerprint density at radius 2 is 1.74 bits per heavy atom. The highest BCUT2D eigenvalue weighted by Crippen LogP contribution is 2.28. The van der Waals surface area contributed by atoms with Gasteiger partial charge in [0.2, 0.25) is 0 Å². The Kier molecular flexibility index (Phi) is 8.31. The molecule has 1 N–H and O–H groups in total. The van der Waals surface area contributed by atoms with Crippen LogP contribution in [-0.4, -0.2) is 5.11 Å². The van der Waals surface area contributed by atoms with Crippen molar-refractivity contribution in [3.05, 3.63) is 34.1 Å². The first-order chi connectivity index (χ1) is 9.15. The van der Waals surface area contributed by atoms with Gasteiger partial charge in [-0.05, 0) is 30.2 Å². The van der Waals surface area contributed by atoms with Gasteiger partial charge in [-0.1, -0.05) is 67.8 Å². The fourth-order valence-electron chi connectivity index (χ4n) is 2.22. The zero-order chi connectivity index (χ0) is 14.1. The van der Waals surface area contributed by atoms with E-state index in [4.69, 9.17) is 0 Å². The van der Waals surface area contributed by atoms with Crippen molar-refractivity contribution >= 4 is 15.9 Å². The lowest BCUT2D eigenvalue weighted by Gasteiger charge is -2.12. The van der Waals surface area contributed by atoms with Crippen LogP contribution < -0.4 is 0 Å². The summed E-state index contributed by atoms with van der Waals surface area (Å²) in [6.07, 6.45) is 8.70. The van der Waals surface area contributed by atoms with E-state index in [9.17, 15) is 9.50 Å². The summed E-state index contributed by atoms with van der Waals surface area (Å²) in [7, 11) is 0. The highest BCUT2D eigenvalue weighted by Gasteiger charge is 2.11. The lowest BCUT2D eigenvalue weighted by Crippen LogP contribution is -1.99. The van der Waals surface area contributed by atoms with Crippen LogP contribution in [0.3, 0.4) is 0 Å². The maximum atomic E-state index is 13.1. The van der Waals surface area contributed by atoms with Crippen LogP contribution in [0.1, 0.15) is 70.0 Å². The molecule has 0 saturated carbocycles. The summed E-state index contributed by atoms with van der Waals surface area (Å²) in [5, 5.41) is 10.1. The average molecular weight is 331 g/mol. The summed E-state index contributed by atoms with van der Waals surface area (Å²) in [6.45, 7) is 2.22. The van der Waals surface area contributed by atoms with Gasteiger partial charge in [-0.15, -0.1) is 0 Å². The molecular weight excluding hydrogens is 307 g/mol. The van der Waals surface area contributed by atoms with Gasteiger partial charge in [0.25, 0.3) is 0 Å². The topological polar surface area (TPSA) is 20.2 Å². The van der Waals surface area contributed by atoms with Crippen LogP contribution in [-0.2, 0) is 0 Å². The largest absolute Gasteiger partial charge is 0.388 e. The predicted molar refractivity (Wildman–Crippen MR) is 81.7 cm³/mol. The number of benzene rings is 1. The van der Waals surface area contributed by atoms with Gasteiger partial charge in [0.05, 0.1) is 6.10 Å². The average Bonchev–Trinajstić information content (AvgIpc) is 2.40. The highest BCUT2D eigenvalue weighted by atomic mass is 79.9. The minimum Gasteiger partial charge on any atom is -0.388 e. The number of hydrogen-bond acceptors (Lipinski definition) is 1. The van der Waals surface area contributed by atoms with Gasteiger partial charge in [-0.2, -0.15) is 0 Å². The molecule has 0 saturated heterocycles. The molecule has 1 nitrogen and oxygen atoms in total. The molecule has 0 radical (unpaired) electrons. The molecule has 0 spiro atoms. The highest BCUT2D eigenvalue weighted by molar-refractivity contribution is 9.10. The molecule has 0 aliphatic rings. The van der Waals surface area contributed by atoms with Crippen molar-refractivity contribution in [1.82, 2.24) is 0 Å². The zero-order valence-electron chi connectivity index (χ0n) is 11.7. The van der Waals surface area contributed by atoms with Gasteiger partial charge in [0.1, 0.15) is 5.82 Å². The van der Waals surface area contributed by atoms with Gasteiger partial charge < -0.3 is 5.11 Å². The van der Waals surface area contributed by atoms with Gasteiger partial charge in [-0.3, -0.25) is 0 Å². The number of hydrogen-bond donors (Lipinski definition) is 1. The number of aliphatic hydroxyl groups excluding tert-OH is 1. The van der Waals surface area contributed by atoms with Crippen molar-refractivity contribution < 1.29 is 9.50 Å². The molecule has 1 aromatic carbocycles. The van der Waals surface area contributed by atoms with E-state index < -0.39 is 6.10 Å². The summed E-state index contributed by atoms with van der Waals surface area (Å²) >= 11 is 3.36. The number of rotatable bonds is 9. The summed E-state index contributed by atoms with van der Waals surface area (Å²) in [4.78, 5) is 0. The minimum atomic E-state index is -0.569. The molecule has 19 heavy (non-hydrogen) atoms. The molecule has 1 atom stereocenters. The van der Waals surface area contributed by atoms with Crippen molar-refractivity contribution in [3.8, 4) is 0 Å². The van der Waals surface area contributed by atoms with E-state index >= 15 is 0 Å².